The molecule has 0 aliphatic rings. The number of carbonyl (C=O) groups excluding carboxylic acids is 1. The molecule has 1 aromatic heterocycles. The fourth-order valence-electron chi connectivity index (χ4n) is 1.78. The molecular weight excluding hydrogens is 373 g/mol. The highest BCUT2D eigenvalue weighted by atomic mass is 35.5. The Balaban J connectivity index is 0.00000264. The minimum atomic E-state index is 0. The summed E-state index contributed by atoms with van der Waals surface area (Å²) in [5.41, 5.74) is 1.73. The van der Waals surface area contributed by atoms with Gasteiger partial charge in [0.15, 0.2) is 4.34 Å². The molecule has 23 heavy (non-hydrogen) atoms. The third-order valence-electron chi connectivity index (χ3n) is 2.84. The van der Waals surface area contributed by atoms with Gasteiger partial charge in [-0.15, -0.1) is 23.7 Å². The molecular formula is C15H19Cl2N3OS2. The molecule has 0 spiro atoms. The number of amides is 1. The number of aryl methyl sites for hydroxylation is 1. The van der Waals surface area contributed by atoms with Gasteiger partial charge in [-0.05, 0) is 45.1 Å². The van der Waals surface area contributed by atoms with Gasteiger partial charge >= 0.3 is 0 Å². The number of aromatic nitrogens is 1. The van der Waals surface area contributed by atoms with Crippen LogP contribution in [0.15, 0.2) is 32.8 Å². The molecule has 0 fully saturated rings. The lowest BCUT2D eigenvalue weighted by Crippen LogP contribution is -2.15. The highest BCUT2D eigenvalue weighted by Gasteiger charge is 2.08. The van der Waals surface area contributed by atoms with Crippen molar-refractivity contribution in [1.29, 1.82) is 0 Å². The average molecular weight is 392 g/mol. The van der Waals surface area contributed by atoms with Crippen LogP contribution < -0.4 is 10.6 Å². The highest BCUT2D eigenvalue weighted by molar-refractivity contribution is 8.01. The maximum atomic E-state index is 11.8. The van der Waals surface area contributed by atoms with Crippen LogP contribution in [0.25, 0.3) is 0 Å². The molecule has 2 N–H and O–H groups in total. The molecule has 126 valence electrons. The first-order valence-electron chi connectivity index (χ1n) is 6.92. The standard InChI is InChI=1S/C15H18ClN3OS2.ClH/c1-10-9-21-15(18-10)22-13-6-5-11(8-12(13)16)19-14(20)4-3-7-17-2;/h5-6,8-9,17H,3-4,7H2,1-2H3,(H,19,20);1H. The Morgan fingerprint density at radius 2 is 2.22 bits per heavy atom. The number of nitrogens with one attached hydrogen (secondary N) is 2. The molecule has 8 heteroatoms. The summed E-state index contributed by atoms with van der Waals surface area (Å²) in [6.45, 7) is 2.80. The number of carbonyl (C=O) groups is 1. The third kappa shape index (κ3) is 6.69. The number of thiazole rings is 1. The van der Waals surface area contributed by atoms with Crippen molar-refractivity contribution in [2.24, 2.45) is 0 Å². The summed E-state index contributed by atoms with van der Waals surface area (Å²) in [6.07, 6.45) is 1.31. The van der Waals surface area contributed by atoms with Crippen molar-refractivity contribution in [1.82, 2.24) is 10.3 Å². The molecule has 1 heterocycles. The lowest BCUT2D eigenvalue weighted by molar-refractivity contribution is -0.116. The second kappa shape index (κ2) is 10.2. The first-order chi connectivity index (χ1) is 10.6. The summed E-state index contributed by atoms with van der Waals surface area (Å²) in [6, 6.07) is 5.55. The molecule has 2 aromatic rings. The second-order valence-corrected chi connectivity index (χ2v) is 7.31. The fourth-order valence-corrected chi connectivity index (χ4v) is 3.88. The molecule has 2 rings (SSSR count). The number of hydrogen-bond acceptors (Lipinski definition) is 5. The van der Waals surface area contributed by atoms with Crippen LogP contribution >= 0.6 is 47.1 Å². The van der Waals surface area contributed by atoms with E-state index in [9.17, 15) is 4.79 Å². The summed E-state index contributed by atoms with van der Waals surface area (Å²) in [5, 5.41) is 8.51. The number of rotatable bonds is 7. The number of hydrogen-bond donors (Lipinski definition) is 2. The predicted octanol–water partition coefficient (Wildman–Crippen LogP) is 4.62. The van der Waals surface area contributed by atoms with Crippen molar-refractivity contribution in [3.05, 3.63) is 34.3 Å². The lowest BCUT2D eigenvalue weighted by Gasteiger charge is -2.08. The first kappa shape index (κ1) is 20.3. The molecule has 4 nitrogen and oxygen atoms in total. The molecule has 1 aromatic carbocycles. The van der Waals surface area contributed by atoms with Crippen molar-refractivity contribution in [3.63, 3.8) is 0 Å². The van der Waals surface area contributed by atoms with Crippen molar-refractivity contribution < 1.29 is 4.79 Å². The van der Waals surface area contributed by atoms with Crippen LogP contribution in [-0.4, -0.2) is 24.5 Å². The van der Waals surface area contributed by atoms with E-state index in [0.717, 1.165) is 33.6 Å². The molecule has 0 aliphatic heterocycles. The van der Waals surface area contributed by atoms with E-state index in [-0.39, 0.29) is 18.3 Å². The molecule has 1 amide bonds. The van der Waals surface area contributed by atoms with Crippen LogP contribution in [0.5, 0.6) is 0 Å². The Morgan fingerprint density at radius 1 is 1.43 bits per heavy atom. The molecule has 0 atom stereocenters. The topological polar surface area (TPSA) is 54.0 Å². The minimum Gasteiger partial charge on any atom is -0.326 e. The second-order valence-electron chi connectivity index (χ2n) is 4.76. The van der Waals surface area contributed by atoms with E-state index in [2.05, 4.69) is 15.6 Å². The predicted molar refractivity (Wildman–Crippen MR) is 101 cm³/mol. The van der Waals surface area contributed by atoms with Crippen molar-refractivity contribution in [2.75, 3.05) is 18.9 Å². The monoisotopic (exact) mass is 391 g/mol. The SMILES string of the molecule is CNCCCC(=O)Nc1ccc(Sc2nc(C)cs2)c(Cl)c1.Cl. The maximum absolute atomic E-state index is 11.8. The van der Waals surface area contributed by atoms with E-state index >= 15 is 0 Å². The summed E-state index contributed by atoms with van der Waals surface area (Å²) in [5.74, 6) is 0.00210. The Hall–Kier alpha value is -0.790. The lowest BCUT2D eigenvalue weighted by atomic mass is 10.2. The number of benzene rings is 1. The van der Waals surface area contributed by atoms with Crippen LogP contribution in [0.3, 0.4) is 0 Å². The third-order valence-corrected chi connectivity index (χ3v) is 5.40. The van der Waals surface area contributed by atoms with E-state index in [4.69, 9.17) is 11.6 Å². The molecule has 0 saturated heterocycles. The average Bonchev–Trinajstić information content (AvgIpc) is 2.87. The molecule has 0 bridgehead atoms. The van der Waals surface area contributed by atoms with Gasteiger partial charge in [-0.3, -0.25) is 4.79 Å². The van der Waals surface area contributed by atoms with Gasteiger partial charge in [-0.2, -0.15) is 0 Å². The van der Waals surface area contributed by atoms with E-state index in [1.807, 2.05) is 31.5 Å². The van der Waals surface area contributed by atoms with Crippen LogP contribution in [0.2, 0.25) is 5.02 Å². The van der Waals surface area contributed by atoms with E-state index in [1.54, 1.807) is 17.4 Å². The quantitative estimate of drug-likeness (QED) is 0.676. The molecule has 0 saturated carbocycles. The summed E-state index contributed by atoms with van der Waals surface area (Å²) >= 11 is 9.42. The van der Waals surface area contributed by atoms with Gasteiger partial charge in [-0.25, -0.2) is 4.98 Å². The zero-order chi connectivity index (χ0) is 15.9. The van der Waals surface area contributed by atoms with Gasteiger partial charge in [0.1, 0.15) is 0 Å². The van der Waals surface area contributed by atoms with Crippen LogP contribution in [0.4, 0.5) is 5.69 Å². The van der Waals surface area contributed by atoms with Gasteiger partial charge in [-0.1, -0.05) is 23.4 Å². The smallest absolute Gasteiger partial charge is 0.224 e. The Kier molecular flexibility index (Phi) is 8.94. The molecule has 0 radical (unpaired) electrons. The van der Waals surface area contributed by atoms with Crippen LogP contribution in [0.1, 0.15) is 18.5 Å². The Morgan fingerprint density at radius 3 is 2.83 bits per heavy atom. The maximum Gasteiger partial charge on any atom is 0.224 e. The van der Waals surface area contributed by atoms with E-state index in [0.29, 0.717) is 11.4 Å². The zero-order valence-electron chi connectivity index (χ0n) is 12.9. The van der Waals surface area contributed by atoms with Gasteiger partial charge in [0.2, 0.25) is 5.91 Å². The number of nitrogens with zero attached hydrogens (tertiary/aromatic N) is 1. The Bertz CT molecular complexity index is 649. The summed E-state index contributed by atoms with van der Waals surface area (Å²) in [4.78, 5) is 17.1. The largest absolute Gasteiger partial charge is 0.326 e. The highest BCUT2D eigenvalue weighted by Crippen LogP contribution is 2.36. The zero-order valence-corrected chi connectivity index (χ0v) is 16.1. The minimum absolute atomic E-state index is 0. The van der Waals surface area contributed by atoms with E-state index < -0.39 is 0 Å². The summed E-state index contributed by atoms with van der Waals surface area (Å²) < 4.78 is 0.961. The van der Waals surface area contributed by atoms with Gasteiger partial charge in [0, 0.05) is 28.1 Å². The van der Waals surface area contributed by atoms with Crippen molar-refractivity contribution in [2.45, 2.75) is 29.0 Å². The van der Waals surface area contributed by atoms with Gasteiger partial charge in [0.25, 0.3) is 0 Å². The molecule has 0 unspecified atom stereocenters. The van der Waals surface area contributed by atoms with Gasteiger partial charge in [0.05, 0.1) is 5.02 Å². The first-order valence-corrected chi connectivity index (χ1v) is 9.00. The fraction of sp³-hybridized carbons (Fsp3) is 0.333. The Labute approximate surface area is 155 Å². The van der Waals surface area contributed by atoms with Crippen molar-refractivity contribution in [3.8, 4) is 0 Å². The number of anilines is 1. The summed E-state index contributed by atoms with van der Waals surface area (Å²) in [7, 11) is 1.87. The number of halogens is 2. The normalized spacial score (nSPS) is 10.2. The van der Waals surface area contributed by atoms with Crippen LogP contribution in [0, 0.1) is 6.92 Å². The van der Waals surface area contributed by atoms with E-state index in [1.165, 1.54) is 11.8 Å². The van der Waals surface area contributed by atoms with Crippen LogP contribution in [-0.2, 0) is 4.79 Å². The van der Waals surface area contributed by atoms with Crippen molar-refractivity contribution >= 4 is 58.7 Å². The molecule has 0 aliphatic carbocycles. The van der Waals surface area contributed by atoms with Gasteiger partial charge < -0.3 is 10.6 Å².